The van der Waals surface area contributed by atoms with Gasteiger partial charge in [-0.15, -0.1) is 0 Å². The van der Waals surface area contributed by atoms with Gasteiger partial charge in [0.15, 0.2) is 11.0 Å². The Morgan fingerprint density at radius 3 is 2.06 bits per heavy atom. The van der Waals surface area contributed by atoms with E-state index in [-0.39, 0.29) is 17.9 Å². The highest BCUT2D eigenvalue weighted by molar-refractivity contribution is 8.06. The zero-order valence-corrected chi connectivity index (χ0v) is 49.1. The number of ether oxygens (including phenoxy) is 5. The molecule has 2 amide bonds. The fourth-order valence-electron chi connectivity index (χ4n) is 8.32. The normalized spacial score (nSPS) is 12.8. The number of rotatable bonds is 32. The van der Waals surface area contributed by atoms with E-state index in [2.05, 4.69) is 31.9 Å². The number of unbranched alkanes of at least 4 members (excludes halogenated alkanes) is 3. The number of anilines is 2. The first-order chi connectivity index (χ1) is 39.4. The maximum atomic E-state index is 12.9. The molecule has 7 rings (SSSR count). The van der Waals surface area contributed by atoms with Gasteiger partial charge in [0.25, 0.3) is 0 Å². The molecule has 0 bridgehead atoms. The number of hydrogen-bond donors (Lipinski definition) is 8. The molecule has 6 aromatic rings. The maximum Gasteiger partial charge on any atom is 0.321 e. The number of benzene rings is 4. The lowest BCUT2D eigenvalue weighted by Crippen LogP contribution is -2.36. The minimum atomic E-state index is -3.47. The van der Waals surface area contributed by atoms with Crippen LogP contribution in [0.2, 0.25) is 0 Å². The number of carbonyl (C=O) groups is 2. The van der Waals surface area contributed by atoms with E-state index in [9.17, 15) is 14.4 Å². The predicted octanol–water partition coefficient (Wildman–Crippen LogP) is 7.46. The van der Waals surface area contributed by atoms with Crippen molar-refractivity contribution in [3.63, 3.8) is 0 Å². The van der Waals surface area contributed by atoms with Crippen LogP contribution < -0.4 is 32.5 Å². The number of aliphatic hydroxyl groups is 1. The fourth-order valence-corrected chi connectivity index (χ4v) is 8.91. The minimum Gasteiger partial charge on any atom is -0.453 e. The summed E-state index contributed by atoms with van der Waals surface area (Å²) in [6.45, 7) is 8.49. The number of hydrogen-bond acceptors (Lipinski definition) is 17. The van der Waals surface area contributed by atoms with E-state index >= 15 is 0 Å². The van der Waals surface area contributed by atoms with Crippen LogP contribution in [-0.4, -0.2) is 142 Å². The molecule has 0 saturated carbocycles. The molecule has 23 heteroatoms. The number of nitrogens with two attached hydrogens (primary N) is 2. The van der Waals surface area contributed by atoms with Crippen molar-refractivity contribution in [2.45, 2.75) is 72.3 Å². The van der Waals surface area contributed by atoms with E-state index in [0.717, 1.165) is 90.6 Å². The molecule has 0 atom stereocenters. The standard InChI is InChI=1S/C45H51N7O8.C10H22NO4PS.C2H6.CH4O/c1-48-33-12-10-31(11-13-33)40-28-39(54)36-14-15-37-43(45(36)60-40)50-41(49-37)16-18-55-20-22-57-24-26-59-27-25-58-23-21-56-19-17-52(47)44-35-8-4-5-9-38(35)51(30-53)29-32-6-2-3-7-34(32)42(44)46;1-2-7-10(12)11-8-5-3-4-6-9-15-16(13,14)17;2*1-2/h2-15,28,30,48H,16-27,29,46-47H2,1H3,(H,49,50);2-9H2,1H3,(H,11,12)(H2,13,14,17);1-2H3;2H,1H3/b44-42-;;;. The van der Waals surface area contributed by atoms with Crippen molar-refractivity contribution in [3.05, 3.63) is 124 Å². The van der Waals surface area contributed by atoms with Crippen molar-refractivity contribution in [2.24, 2.45) is 11.6 Å². The molecular weight excluding hydrogens is 1080 g/mol. The Labute approximate surface area is 480 Å². The van der Waals surface area contributed by atoms with E-state index < -0.39 is 6.72 Å². The number of para-hydroxylation sites is 1. The first-order valence-corrected chi connectivity index (χ1v) is 30.0. The molecule has 0 radical (unpaired) electrons. The Morgan fingerprint density at radius 2 is 1.43 bits per heavy atom. The fraction of sp³-hybridized carbons (Fsp3) is 0.448. The highest BCUT2D eigenvalue weighted by Gasteiger charge is 2.25. The van der Waals surface area contributed by atoms with E-state index in [1.807, 2.05) is 107 Å². The van der Waals surface area contributed by atoms with Gasteiger partial charge in [0.2, 0.25) is 12.3 Å². The second kappa shape index (κ2) is 37.8. The van der Waals surface area contributed by atoms with Crippen LogP contribution in [0.25, 0.3) is 44.7 Å². The first kappa shape index (κ1) is 67.4. The van der Waals surface area contributed by atoms with Crippen molar-refractivity contribution in [3.8, 4) is 11.3 Å². The molecule has 0 fully saturated rings. The Morgan fingerprint density at radius 1 is 0.827 bits per heavy atom. The summed E-state index contributed by atoms with van der Waals surface area (Å²) in [6.07, 6.45) is 6.45. The summed E-state index contributed by atoms with van der Waals surface area (Å²) in [5.74, 6) is 7.92. The second-order valence-corrected chi connectivity index (χ2v) is 20.5. The molecule has 444 valence electrons. The summed E-state index contributed by atoms with van der Waals surface area (Å²) in [5, 5.41) is 15.0. The van der Waals surface area contributed by atoms with Crippen LogP contribution in [0.4, 0.5) is 11.4 Å². The lowest BCUT2D eigenvalue weighted by molar-refractivity contribution is -0.121. The highest BCUT2D eigenvalue weighted by Crippen LogP contribution is 2.37. The quantitative estimate of drug-likeness (QED) is 0.00668. The molecule has 4 aromatic carbocycles. The van der Waals surface area contributed by atoms with Crippen molar-refractivity contribution >= 4 is 75.6 Å². The van der Waals surface area contributed by atoms with Crippen molar-refractivity contribution in [2.75, 3.05) is 110 Å². The maximum absolute atomic E-state index is 12.9. The summed E-state index contributed by atoms with van der Waals surface area (Å²) in [7, 11) is 2.85. The number of aromatic nitrogens is 2. The summed E-state index contributed by atoms with van der Waals surface area (Å²) in [5.41, 5.74) is 14.7. The number of nitrogens with zero attached hydrogens (tertiary/aromatic N) is 3. The number of fused-ring (bicyclic) bond motifs is 5. The van der Waals surface area contributed by atoms with Crippen LogP contribution in [0.5, 0.6) is 0 Å². The zero-order valence-electron chi connectivity index (χ0n) is 47.4. The van der Waals surface area contributed by atoms with Crippen molar-refractivity contribution in [1.29, 1.82) is 0 Å². The van der Waals surface area contributed by atoms with Crippen LogP contribution in [-0.2, 0) is 62.6 Å². The lowest BCUT2D eigenvalue weighted by atomic mass is 9.96. The topological polar surface area (TPSA) is 292 Å². The Bertz CT molecular complexity index is 2940. The third-order valence-electron chi connectivity index (χ3n) is 12.2. The van der Waals surface area contributed by atoms with Gasteiger partial charge >= 0.3 is 6.72 Å². The molecule has 0 aliphatic carbocycles. The molecule has 81 heavy (non-hydrogen) atoms. The average Bonchev–Trinajstić information content (AvgIpc) is 4.01. The van der Waals surface area contributed by atoms with Gasteiger partial charge in [0.05, 0.1) is 114 Å². The van der Waals surface area contributed by atoms with Gasteiger partial charge in [-0.25, -0.2) is 10.8 Å². The summed E-state index contributed by atoms with van der Waals surface area (Å²) < 4.78 is 39.4. The van der Waals surface area contributed by atoms with Crippen LogP contribution in [0.1, 0.15) is 81.8 Å². The van der Waals surface area contributed by atoms with Crippen LogP contribution >= 0.6 is 6.72 Å². The molecule has 0 saturated heterocycles. The minimum absolute atomic E-state index is 0.108. The number of imidazole rings is 1. The van der Waals surface area contributed by atoms with Crippen molar-refractivity contribution < 1.29 is 57.1 Å². The molecule has 0 unspecified atom stereocenters. The molecule has 1 aliphatic rings. The zero-order chi connectivity index (χ0) is 58.8. The Balaban J connectivity index is 0.000000574. The molecule has 10 N–H and O–H groups in total. The van der Waals surface area contributed by atoms with Crippen molar-refractivity contribution in [1.82, 2.24) is 20.3 Å². The number of hydrazine groups is 1. The van der Waals surface area contributed by atoms with Gasteiger partial charge in [-0.3, -0.25) is 14.4 Å². The monoisotopic (exact) mass is 1160 g/mol. The predicted molar refractivity (Wildman–Crippen MR) is 322 cm³/mol. The average molecular weight is 1160 g/mol. The van der Waals surface area contributed by atoms with Gasteiger partial charge in [0.1, 0.15) is 17.1 Å². The van der Waals surface area contributed by atoms with E-state index in [1.54, 1.807) is 16.0 Å². The number of nitrogens with one attached hydrogen (secondary N) is 3. The largest absolute Gasteiger partial charge is 0.453 e. The molecule has 2 aromatic heterocycles. The molecule has 0 spiro atoms. The van der Waals surface area contributed by atoms with Gasteiger partial charge in [-0.2, -0.15) is 0 Å². The van der Waals surface area contributed by atoms with Crippen LogP contribution in [0.15, 0.2) is 100 Å². The van der Waals surface area contributed by atoms with E-state index in [4.69, 9.17) is 59.6 Å². The first-order valence-electron chi connectivity index (χ1n) is 27.4. The number of aromatic amines is 1. The SMILES string of the molecule is CC.CCCC(=O)NCCCCCCOP(O)(O)=S.CNc1ccc(-c2cc(=O)c3ccc4[nH]c(CCOCCOCCOCCOCCOCCN(N)/C5=C(\N)c6ccccc6CN(C=O)c6ccccc65)nc4c3o2)cc1.CO. The number of H-pyrrole nitrogens is 1. The van der Waals surface area contributed by atoms with Gasteiger partial charge < -0.3 is 78.8 Å². The third kappa shape index (κ3) is 22.6. The number of carbonyl (C=O) groups excluding carboxylic acids is 2. The molecule has 1 aliphatic heterocycles. The summed E-state index contributed by atoms with van der Waals surface area (Å²) in [4.78, 5) is 63.4. The smallest absolute Gasteiger partial charge is 0.321 e. The lowest BCUT2D eigenvalue weighted by Gasteiger charge is -2.31. The summed E-state index contributed by atoms with van der Waals surface area (Å²) in [6, 6.07) is 28.2. The number of aliphatic hydroxyl groups excluding tert-OH is 1. The molecule has 21 nitrogen and oxygen atoms in total. The van der Waals surface area contributed by atoms with E-state index in [1.165, 1.54) is 6.07 Å². The molecule has 3 heterocycles. The number of amides is 2. The van der Waals surface area contributed by atoms with Gasteiger partial charge in [-0.1, -0.05) is 76.1 Å². The highest BCUT2D eigenvalue weighted by atomic mass is 32.5. The van der Waals surface area contributed by atoms with Crippen LogP contribution in [0, 0.1) is 0 Å². The second-order valence-electron chi connectivity index (χ2n) is 17.8. The van der Waals surface area contributed by atoms with Gasteiger partial charge in [0, 0.05) is 62.0 Å². The Kier molecular flexibility index (Phi) is 31.5. The summed E-state index contributed by atoms with van der Waals surface area (Å²) >= 11 is 4.31. The molecular formula is C58H83N8O13PS. The van der Waals surface area contributed by atoms with Crippen LogP contribution in [0.3, 0.4) is 0 Å². The third-order valence-corrected chi connectivity index (χ3v) is 13.1. The van der Waals surface area contributed by atoms with Gasteiger partial charge in [-0.05, 0) is 79.1 Å². The Hall–Kier alpha value is -6.11. The van der Waals surface area contributed by atoms with E-state index in [0.29, 0.717) is 132 Å².